The minimum Gasteiger partial charge on any atom is -0.434 e. The lowest BCUT2D eigenvalue weighted by Gasteiger charge is -2.16. The first-order chi connectivity index (χ1) is 15.8. The van der Waals surface area contributed by atoms with Crippen LogP contribution < -0.4 is 15.0 Å². The van der Waals surface area contributed by atoms with Crippen LogP contribution in [0.3, 0.4) is 0 Å². The molecule has 33 heavy (non-hydrogen) atoms. The average Bonchev–Trinajstić information content (AvgIpc) is 3.03. The zero-order valence-electron chi connectivity index (χ0n) is 16.8. The van der Waals surface area contributed by atoms with Crippen molar-refractivity contribution in [3.8, 4) is 5.75 Å². The first-order valence-corrected chi connectivity index (χ1v) is 10.0. The third kappa shape index (κ3) is 4.61. The number of nitrogens with zero attached hydrogens (tertiary/aromatic N) is 1. The maximum absolute atomic E-state index is 12.6. The van der Waals surface area contributed by atoms with Crippen LogP contribution in [0.5, 0.6) is 5.75 Å². The number of amides is 3. The predicted octanol–water partition coefficient (Wildman–Crippen LogP) is 5.39. The van der Waals surface area contributed by atoms with Crippen molar-refractivity contribution in [1.82, 2.24) is 0 Å². The van der Waals surface area contributed by atoms with Gasteiger partial charge in [0.25, 0.3) is 11.8 Å². The highest BCUT2D eigenvalue weighted by Gasteiger charge is 2.37. The smallest absolute Gasteiger partial charge is 0.387 e. The number of nitrogens with one attached hydrogen (secondary N) is 1. The van der Waals surface area contributed by atoms with E-state index in [1.54, 1.807) is 30.3 Å². The van der Waals surface area contributed by atoms with Gasteiger partial charge in [0.15, 0.2) is 0 Å². The Hall–Kier alpha value is -4.04. The summed E-state index contributed by atoms with van der Waals surface area (Å²) >= 11 is 6.31. The Labute approximate surface area is 192 Å². The van der Waals surface area contributed by atoms with Crippen molar-refractivity contribution in [2.24, 2.45) is 0 Å². The van der Waals surface area contributed by atoms with E-state index in [9.17, 15) is 23.2 Å². The van der Waals surface area contributed by atoms with Crippen LogP contribution in [0.1, 0.15) is 26.3 Å². The molecular weight excluding hydrogens is 454 g/mol. The van der Waals surface area contributed by atoms with Crippen molar-refractivity contribution in [1.29, 1.82) is 0 Å². The molecule has 9 heteroatoms. The lowest BCUT2D eigenvalue weighted by Crippen LogP contribution is -2.29. The number of halogens is 3. The summed E-state index contributed by atoms with van der Waals surface area (Å²) in [5.74, 6) is -1.58. The second-order valence-corrected chi connectivity index (χ2v) is 7.30. The van der Waals surface area contributed by atoms with E-state index in [0.29, 0.717) is 11.3 Å². The van der Waals surface area contributed by atoms with Crippen LogP contribution in [0.2, 0.25) is 5.02 Å². The quantitative estimate of drug-likeness (QED) is 0.388. The highest BCUT2D eigenvalue weighted by molar-refractivity contribution is 6.40. The van der Waals surface area contributed by atoms with Gasteiger partial charge in [-0.3, -0.25) is 14.4 Å². The maximum Gasteiger partial charge on any atom is 0.387 e. The monoisotopic (exact) mass is 468 g/mol. The maximum atomic E-state index is 12.6. The van der Waals surface area contributed by atoms with Crippen LogP contribution in [-0.4, -0.2) is 24.3 Å². The Bertz CT molecular complexity index is 1260. The Kier molecular flexibility index (Phi) is 6.19. The molecule has 1 aliphatic rings. The SMILES string of the molecule is O=C(/C=C/c1ccccc1OC(F)F)Nc1ccc(N2C(=O)c3ccccc3C2=O)c(Cl)c1. The van der Waals surface area contributed by atoms with E-state index in [4.69, 9.17) is 11.6 Å². The predicted molar refractivity (Wildman–Crippen MR) is 120 cm³/mol. The van der Waals surface area contributed by atoms with E-state index in [0.717, 1.165) is 11.0 Å². The molecule has 0 aliphatic carbocycles. The van der Waals surface area contributed by atoms with Crippen LogP contribution >= 0.6 is 11.6 Å². The summed E-state index contributed by atoms with van der Waals surface area (Å²) in [7, 11) is 0. The summed E-state index contributed by atoms with van der Waals surface area (Å²) < 4.78 is 29.4. The number of ether oxygens (including phenoxy) is 1. The molecule has 166 valence electrons. The van der Waals surface area contributed by atoms with Crippen molar-refractivity contribution in [3.63, 3.8) is 0 Å². The molecule has 0 atom stereocenters. The minimum absolute atomic E-state index is 0.0649. The van der Waals surface area contributed by atoms with Gasteiger partial charge >= 0.3 is 6.61 Å². The molecule has 3 amide bonds. The summed E-state index contributed by atoms with van der Waals surface area (Å²) in [4.78, 5) is 38.6. The fourth-order valence-electron chi connectivity index (χ4n) is 3.34. The fourth-order valence-corrected chi connectivity index (χ4v) is 3.61. The number of hydrogen-bond acceptors (Lipinski definition) is 4. The van der Waals surface area contributed by atoms with Crippen LogP contribution in [-0.2, 0) is 4.79 Å². The lowest BCUT2D eigenvalue weighted by molar-refractivity contribution is -0.111. The Morgan fingerprint density at radius 1 is 0.970 bits per heavy atom. The molecule has 1 N–H and O–H groups in total. The number of fused-ring (bicyclic) bond motifs is 1. The van der Waals surface area contributed by atoms with Crippen LogP contribution in [0.25, 0.3) is 6.08 Å². The molecule has 1 aliphatic heterocycles. The van der Waals surface area contributed by atoms with E-state index in [2.05, 4.69) is 10.1 Å². The van der Waals surface area contributed by atoms with Crippen molar-refractivity contribution in [2.75, 3.05) is 10.2 Å². The molecule has 0 saturated carbocycles. The molecule has 4 rings (SSSR count). The van der Waals surface area contributed by atoms with E-state index in [1.807, 2.05) is 0 Å². The third-order valence-corrected chi connectivity index (χ3v) is 5.10. The Morgan fingerprint density at radius 2 is 1.61 bits per heavy atom. The fraction of sp³-hybridized carbons (Fsp3) is 0.0417. The van der Waals surface area contributed by atoms with Gasteiger partial charge in [-0.15, -0.1) is 0 Å². The Morgan fingerprint density at radius 3 is 2.24 bits per heavy atom. The summed E-state index contributed by atoms with van der Waals surface area (Å²) in [6.45, 7) is -2.99. The normalized spacial score (nSPS) is 13.0. The molecule has 0 unspecified atom stereocenters. The van der Waals surface area contributed by atoms with Gasteiger partial charge in [0.2, 0.25) is 5.91 Å². The van der Waals surface area contributed by atoms with Gasteiger partial charge in [0, 0.05) is 17.3 Å². The van der Waals surface area contributed by atoms with Gasteiger partial charge in [-0.2, -0.15) is 8.78 Å². The standard InChI is InChI=1S/C24H15ClF2N2O4/c25-18-13-15(28-21(30)12-9-14-5-1-4-8-20(14)33-24(26)27)10-11-19(18)29-22(31)16-6-2-3-7-17(16)23(29)32/h1-13,24H,(H,28,30)/b12-9+. The number of alkyl halides is 2. The number of benzene rings is 3. The van der Waals surface area contributed by atoms with Crippen molar-refractivity contribution >= 4 is 46.8 Å². The molecule has 6 nitrogen and oxygen atoms in total. The van der Waals surface area contributed by atoms with Gasteiger partial charge in [-0.05, 0) is 42.5 Å². The van der Waals surface area contributed by atoms with Gasteiger partial charge in [-0.1, -0.05) is 41.9 Å². The van der Waals surface area contributed by atoms with Gasteiger partial charge in [0.1, 0.15) is 5.75 Å². The number of carbonyl (C=O) groups excluding carboxylic acids is 3. The number of rotatable bonds is 6. The molecule has 0 saturated heterocycles. The molecule has 1 heterocycles. The topological polar surface area (TPSA) is 75.7 Å². The largest absolute Gasteiger partial charge is 0.434 e. The zero-order chi connectivity index (χ0) is 23.5. The van der Waals surface area contributed by atoms with Crippen LogP contribution in [0, 0.1) is 0 Å². The summed E-state index contributed by atoms with van der Waals surface area (Å²) in [5.41, 5.74) is 1.38. The lowest BCUT2D eigenvalue weighted by atomic mass is 10.1. The first kappa shape index (κ1) is 22.2. The summed E-state index contributed by atoms with van der Waals surface area (Å²) in [6, 6.07) is 16.8. The first-order valence-electron chi connectivity index (χ1n) is 9.65. The molecule has 3 aromatic carbocycles. The number of hydrogen-bond donors (Lipinski definition) is 1. The third-order valence-electron chi connectivity index (χ3n) is 4.80. The second-order valence-electron chi connectivity index (χ2n) is 6.90. The second kappa shape index (κ2) is 9.22. The Balaban J connectivity index is 1.49. The van der Waals surface area contributed by atoms with Crippen molar-refractivity contribution in [3.05, 3.63) is 94.5 Å². The number of para-hydroxylation sites is 1. The number of anilines is 2. The summed E-state index contributed by atoms with van der Waals surface area (Å²) in [5, 5.41) is 2.67. The molecule has 0 aromatic heterocycles. The number of carbonyl (C=O) groups is 3. The molecule has 0 fully saturated rings. The van der Waals surface area contributed by atoms with E-state index in [-0.39, 0.29) is 27.6 Å². The highest BCUT2D eigenvalue weighted by Crippen LogP contribution is 2.34. The minimum atomic E-state index is -2.99. The highest BCUT2D eigenvalue weighted by atomic mass is 35.5. The van der Waals surface area contributed by atoms with E-state index < -0.39 is 24.3 Å². The summed E-state index contributed by atoms with van der Waals surface area (Å²) in [6.07, 6.45) is 2.49. The van der Waals surface area contributed by atoms with Gasteiger partial charge < -0.3 is 10.1 Å². The molecule has 0 radical (unpaired) electrons. The van der Waals surface area contributed by atoms with Crippen LogP contribution in [0.15, 0.2) is 72.8 Å². The van der Waals surface area contributed by atoms with E-state index in [1.165, 1.54) is 42.5 Å². The van der Waals surface area contributed by atoms with Crippen molar-refractivity contribution in [2.45, 2.75) is 6.61 Å². The molecule has 3 aromatic rings. The van der Waals surface area contributed by atoms with Gasteiger partial charge in [-0.25, -0.2) is 4.90 Å². The van der Waals surface area contributed by atoms with Crippen molar-refractivity contribution < 1.29 is 27.9 Å². The molecule has 0 bridgehead atoms. The average molecular weight is 469 g/mol. The van der Waals surface area contributed by atoms with E-state index >= 15 is 0 Å². The van der Waals surface area contributed by atoms with Crippen LogP contribution in [0.4, 0.5) is 20.2 Å². The molecule has 0 spiro atoms. The zero-order valence-corrected chi connectivity index (χ0v) is 17.6. The van der Waals surface area contributed by atoms with Gasteiger partial charge in [0.05, 0.1) is 21.8 Å². The molecular formula is C24H15ClF2N2O4. The number of imide groups is 1.